The fraction of sp³-hybridized carbons (Fsp3) is 0.167. The molecule has 1 N–H and O–H groups in total. The Morgan fingerprint density at radius 3 is 2.81 bits per heavy atom. The zero-order chi connectivity index (χ0) is 17.9. The number of fused-ring (bicyclic) bond motifs is 1. The summed E-state index contributed by atoms with van der Waals surface area (Å²) in [5, 5.41) is 6.87. The molecule has 26 heavy (non-hydrogen) atoms. The van der Waals surface area contributed by atoms with Crippen LogP contribution in [-0.2, 0) is 11.3 Å². The van der Waals surface area contributed by atoms with E-state index in [1.165, 1.54) is 17.3 Å². The number of nitrogens with one attached hydrogen (secondary N) is 1. The van der Waals surface area contributed by atoms with E-state index in [1.807, 2.05) is 41.0 Å². The van der Waals surface area contributed by atoms with Crippen LogP contribution in [0.1, 0.15) is 18.5 Å². The molecule has 3 aromatic heterocycles. The van der Waals surface area contributed by atoms with Gasteiger partial charge in [-0.3, -0.25) is 9.36 Å². The molecule has 1 aromatic carbocycles. The number of nitrogens with zero attached hydrogens (tertiary/aromatic N) is 6. The van der Waals surface area contributed by atoms with E-state index >= 15 is 0 Å². The van der Waals surface area contributed by atoms with Crippen molar-refractivity contribution in [2.24, 2.45) is 0 Å². The highest BCUT2D eigenvalue weighted by Crippen LogP contribution is 2.16. The van der Waals surface area contributed by atoms with Crippen LogP contribution >= 0.6 is 0 Å². The number of amides is 1. The van der Waals surface area contributed by atoms with Gasteiger partial charge in [-0.15, -0.1) is 0 Å². The van der Waals surface area contributed by atoms with Crippen LogP contribution in [0.4, 0.5) is 0 Å². The van der Waals surface area contributed by atoms with Gasteiger partial charge in [0, 0.05) is 12.7 Å². The van der Waals surface area contributed by atoms with E-state index in [-0.39, 0.29) is 5.91 Å². The SMILES string of the molecule is C[C@H](C(=O)NCc1ccc(-n2cnc3ccccc32)nc1)n1cncn1. The molecule has 0 fully saturated rings. The molecule has 0 unspecified atom stereocenters. The molecule has 0 aliphatic rings. The van der Waals surface area contributed by atoms with Crippen LogP contribution in [0.2, 0.25) is 0 Å². The first-order valence-electron chi connectivity index (χ1n) is 8.21. The maximum absolute atomic E-state index is 12.2. The second-order valence-electron chi connectivity index (χ2n) is 5.90. The third kappa shape index (κ3) is 3.04. The number of hydrogen-bond acceptors (Lipinski definition) is 5. The largest absolute Gasteiger partial charge is 0.350 e. The smallest absolute Gasteiger partial charge is 0.244 e. The fourth-order valence-electron chi connectivity index (χ4n) is 2.68. The number of carbonyl (C=O) groups is 1. The highest BCUT2D eigenvalue weighted by Gasteiger charge is 2.14. The van der Waals surface area contributed by atoms with Crippen molar-refractivity contribution in [2.75, 3.05) is 0 Å². The minimum Gasteiger partial charge on any atom is -0.350 e. The Kier molecular flexibility index (Phi) is 4.14. The number of carbonyl (C=O) groups excluding carboxylic acids is 1. The lowest BCUT2D eigenvalue weighted by molar-refractivity contribution is -0.124. The Labute approximate surface area is 149 Å². The average Bonchev–Trinajstić information content (AvgIpc) is 3.36. The molecule has 8 heteroatoms. The summed E-state index contributed by atoms with van der Waals surface area (Å²) in [6.45, 7) is 2.17. The molecule has 130 valence electrons. The summed E-state index contributed by atoms with van der Waals surface area (Å²) >= 11 is 0. The molecule has 0 aliphatic heterocycles. The normalized spacial score (nSPS) is 12.2. The van der Waals surface area contributed by atoms with E-state index < -0.39 is 6.04 Å². The predicted molar refractivity (Wildman–Crippen MR) is 95.4 cm³/mol. The van der Waals surface area contributed by atoms with E-state index in [1.54, 1.807) is 19.4 Å². The van der Waals surface area contributed by atoms with Crippen molar-refractivity contribution < 1.29 is 4.79 Å². The van der Waals surface area contributed by atoms with E-state index in [0.717, 1.165) is 22.4 Å². The third-order valence-corrected chi connectivity index (χ3v) is 4.19. The summed E-state index contributed by atoms with van der Waals surface area (Å²) in [7, 11) is 0. The van der Waals surface area contributed by atoms with Crippen molar-refractivity contribution in [1.82, 2.24) is 34.6 Å². The molecule has 0 radical (unpaired) electrons. The lowest BCUT2D eigenvalue weighted by Crippen LogP contribution is -2.30. The first-order valence-corrected chi connectivity index (χ1v) is 8.21. The quantitative estimate of drug-likeness (QED) is 0.595. The molecule has 0 saturated carbocycles. The van der Waals surface area contributed by atoms with Gasteiger partial charge in [0.1, 0.15) is 30.8 Å². The predicted octanol–water partition coefficient (Wildman–Crippen LogP) is 1.89. The van der Waals surface area contributed by atoms with Gasteiger partial charge >= 0.3 is 0 Å². The van der Waals surface area contributed by atoms with Gasteiger partial charge < -0.3 is 5.32 Å². The summed E-state index contributed by atoms with van der Waals surface area (Å²) in [5.41, 5.74) is 2.84. The van der Waals surface area contributed by atoms with E-state index in [2.05, 4.69) is 25.4 Å². The Balaban J connectivity index is 1.44. The van der Waals surface area contributed by atoms with E-state index in [9.17, 15) is 4.79 Å². The highest BCUT2D eigenvalue weighted by molar-refractivity contribution is 5.79. The molecular weight excluding hydrogens is 330 g/mol. The first-order chi connectivity index (χ1) is 12.7. The first kappa shape index (κ1) is 15.9. The van der Waals surface area contributed by atoms with Crippen molar-refractivity contribution in [1.29, 1.82) is 0 Å². The standard InChI is InChI=1S/C18H17N7O/c1-13(25-11-19-10-23-25)18(26)21-9-14-6-7-17(20-8-14)24-12-22-15-4-2-3-5-16(15)24/h2-8,10-13H,9H2,1H3,(H,21,26)/t13-/m1/s1. The fourth-order valence-corrected chi connectivity index (χ4v) is 2.68. The lowest BCUT2D eigenvalue weighted by atomic mass is 10.2. The van der Waals surface area contributed by atoms with Gasteiger partial charge in [0.15, 0.2) is 0 Å². The molecule has 3 heterocycles. The van der Waals surface area contributed by atoms with Crippen LogP contribution in [0, 0.1) is 0 Å². The molecule has 0 bridgehead atoms. The van der Waals surface area contributed by atoms with Crippen molar-refractivity contribution >= 4 is 16.9 Å². The molecule has 0 saturated heterocycles. The summed E-state index contributed by atoms with van der Waals surface area (Å²) in [4.78, 5) is 24.9. The maximum Gasteiger partial charge on any atom is 0.244 e. The van der Waals surface area contributed by atoms with Gasteiger partial charge in [0.2, 0.25) is 5.91 Å². The Bertz CT molecular complexity index is 1020. The van der Waals surface area contributed by atoms with E-state index in [0.29, 0.717) is 6.54 Å². The molecule has 8 nitrogen and oxygen atoms in total. The third-order valence-electron chi connectivity index (χ3n) is 4.19. The van der Waals surface area contributed by atoms with Crippen LogP contribution in [-0.4, -0.2) is 35.2 Å². The monoisotopic (exact) mass is 347 g/mol. The van der Waals surface area contributed by atoms with Gasteiger partial charge in [-0.25, -0.2) is 19.6 Å². The van der Waals surface area contributed by atoms with Gasteiger partial charge in [-0.05, 0) is 30.7 Å². The number of rotatable bonds is 5. The molecule has 0 aliphatic carbocycles. The van der Waals surface area contributed by atoms with Gasteiger partial charge in [0.25, 0.3) is 0 Å². The van der Waals surface area contributed by atoms with Crippen LogP contribution < -0.4 is 5.32 Å². The number of para-hydroxylation sites is 2. The van der Waals surface area contributed by atoms with Crippen LogP contribution in [0.3, 0.4) is 0 Å². The maximum atomic E-state index is 12.2. The van der Waals surface area contributed by atoms with Crippen molar-refractivity contribution in [2.45, 2.75) is 19.5 Å². The van der Waals surface area contributed by atoms with Crippen LogP contribution in [0.15, 0.2) is 61.6 Å². The number of aromatic nitrogens is 6. The molecule has 1 amide bonds. The zero-order valence-electron chi connectivity index (χ0n) is 14.1. The Hall–Kier alpha value is -3.55. The average molecular weight is 347 g/mol. The van der Waals surface area contributed by atoms with Gasteiger partial charge in [0.05, 0.1) is 11.0 Å². The topological polar surface area (TPSA) is 90.5 Å². The lowest BCUT2D eigenvalue weighted by Gasteiger charge is -2.12. The minimum atomic E-state index is -0.415. The molecule has 1 atom stereocenters. The molecule has 4 rings (SSSR count). The van der Waals surface area contributed by atoms with Crippen molar-refractivity contribution in [3.8, 4) is 5.82 Å². The number of imidazole rings is 1. The van der Waals surface area contributed by atoms with Gasteiger partial charge in [-0.1, -0.05) is 18.2 Å². The summed E-state index contributed by atoms with van der Waals surface area (Å²) in [5.74, 6) is 0.657. The number of pyridine rings is 1. The second-order valence-corrected chi connectivity index (χ2v) is 5.90. The zero-order valence-corrected chi connectivity index (χ0v) is 14.1. The van der Waals surface area contributed by atoms with Crippen molar-refractivity contribution in [3.05, 3.63) is 67.1 Å². The van der Waals surface area contributed by atoms with Crippen LogP contribution in [0.25, 0.3) is 16.9 Å². The number of hydrogen-bond donors (Lipinski definition) is 1. The second kappa shape index (κ2) is 6.75. The van der Waals surface area contributed by atoms with E-state index in [4.69, 9.17) is 0 Å². The summed E-state index contributed by atoms with van der Waals surface area (Å²) in [6, 6.07) is 11.3. The Morgan fingerprint density at radius 2 is 2.04 bits per heavy atom. The molecule has 0 spiro atoms. The minimum absolute atomic E-state index is 0.125. The van der Waals surface area contributed by atoms with Crippen LogP contribution in [0.5, 0.6) is 0 Å². The van der Waals surface area contributed by atoms with Crippen molar-refractivity contribution in [3.63, 3.8) is 0 Å². The Morgan fingerprint density at radius 1 is 1.15 bits per heavy atom. The molecule has 4 aromatic rings. The summed E-state index contributed by atoms with van der Waals surface area (Å²) < 4.78 is 3.45. The highest BCUT2D eigenvalue weighted by atomic mass is 16.2. The molecular formula is C18H17N7O. The number of benzene rings is 1. The summed E-state index contributed by atoms with van der Waals surface area (Å²) in [6.07, 6.45) is 6.45. The van der Waals surface area contributed by atoms with Gasteiger partial charge in [-0.2, -0.15) is 5.10 Å².